The lowest BCUT2D eigenvalue weighted by atomic mass is 10.1. The summed E-state index contributed by atoms with van der Waals surface area (Å²) in [7, 11) is 0. The molecule has 1 fully saturated rings. The standard InChI is InChI=1S/C22H27N3/c1-18-10-12-19(13-11-18)17-25-21-8-3-2-7-20(21)23-22(25)9-6-16-24-14-4-5-15-24/h2-3,7-8,10-13H,4-6,9,14-17H2,1H3. The second kappa shape index (κ2) is 7.40. The zero-order valence-electron chi connectivity index (χ0n) is 15.1. The summed E-state index contributed by atoms with van der Waals surface area (Å²) in [6.07, 6.45) is 4.98. The molecule has 4 rings (SSSR count). The highest BCUT2D eigenvalue weighted by atomic mass is 15.1. The van der Waals surface area contributed by atoms with Crippen molar-refractivity contribution in [2.45, 2.75) is 39.2 Å². The highest BCUT2D eigenvalue weighted by molar-refractivity contribution is 5.76. The van der Waals surface area contributed by atoms with Crippen molar-refractivity contribution in [1.29, 1.82) is 0 Å². The van der Waals surface area contributed by atoms with E-state index in [1.807, 2.05) is 0 Å². The SMILES string of the molecule is Cc1ccc(Cn2c(CCCN3CCCC3)nc3ccccc32)cc1. The van der Waals surface area contributed by atoms with Crippen molar-refractivity contribution in [2.24, 2.45) is 0 Å². The van der Waals surface area contributed by atoms with Gasteiger partial charge in [0.15, 0.2) is 0 Å². The first kappa shape index (κ1) is 16.3. The monoisotopic (exact) mass is 333 g/mol. The topological polar surface area (TPSA) is 21.1 Å². The number of hydrogen-bond donors (Lipinski definition) is 0. The van der Waals surface area contributed by atoms with Crippen LogP contribution in [0.5, 0.6) is 0 Å². The summed E-state index contributed by atoms with van der Waals surface area (Å²) in [6.45, 7) is 6.80. The Hall–Kier alpha value is -2.13. The molecule has 0 spiro atoms. The van der Waals surface area contributed by atoms with Gasteiger partial charge in [-0.1, -0.05) is 42.0 Å². The van der Waals surface area contributed by atoms with Crippen LogP contribution < -0.4 is 0 Å². The normalized spacial score (nSPS) is 15.2. The molecule has 0 unspecified atom stereocenters. The molecule has 3 heteroatoms. The maximum absolute atomic E-state index is 4.93. The molecule has 0 atom stereocenters. The van der Waals surface area contributed by atoms with Crippen molar-refractivity contribution in [3.63, 3.8) is 0 Å². The maximum atomic E-state index is 4.93. The van der Waals surface area contributed by atoms with Crippen molar-refractivity contribution in [2.75, 3.05) is 19.6 Å². The Morgan fingerprint density at radius 3 is 2.52 bits per heavy atom. The average molecular weight is 333 g/mol. The molecule has 1 aliphatic heterocycles. The number of hydrogen-bond acceptors (Lipinski definition) is 2. The van der Waals surface area contributed by atoms with Gasteiger partial charge in [0, 0.05) is 13.0 Å². The van der Waals surface area contributed by atoms with Crippen LogP contribution in [0.3, 0.4) is 0 Å². The van der Waals surface area contributed by atoms with Crippen molar-refractivity contribution in [3.8, 4) is 0 Å². The summed E-state index contributed by atoms with van der Waals surface area (Å²) >= 11 is 0. The Kier molecular flexibility index (Phi) is 4.84. The van der Waals surface area contributed by atoms with Gasteiger partial charge in [-0.25, -0.2) is 4.98 Å². The van der Waals surface area contributed by atoms with Crippen molar-refractivity contribution < 1.29 is 0 Å². The summed E-state index contributed by atoms with van der Waals surface area (Å²) in [6, 6.07) is 17.4. The van der Waals surface area contributed by atoms with Crippen molar-refractivity contribution in [1.82, 2.24) is 14.5 Å². The molecule has 0 bridgehead atoms. The fourth-order valence-corrected chi connectivity index (χ4v) is 3.84. The minimum absolute atomic E-state index is 0.903. The quantitative estimate of drug-likeness (QED) is 0.666. The van der Waals surface area contributed by atoms with Crippen molar-refractivity contribution >= 4 is 11.0 Å². The number of para-hydroxylation sites is 2. The number of nitrogens with zero attached hydrogens (tertiary/aromatic N) is 3. The first-order valence-electron chi connectivity index (χ1n) is 9.52. The van der Waals surface area contributed by atoms with E-state index in [2.05, 4.69) is 64.9 Å². The molecule has 0 saturated carbocycles. The van der Waals surface area contributed by atoms with Crippen LogP contribution in [0, 0.1) is 6.92 Å². The molecule has 0 amide bonds. The van der Waals surface area contributed by atoms with E-state index in [-0.39, 0.29) is 0 Å². The fourth-order valence-electron chi connectivity index (χ4n) is 3.84. The van der Waals surface area contributed by atoms with E-state index in [9.17, 15) is 0 Å². The van der Waals surface area contributed by atoms with Gasteiger partial charge in [0.2, 0.25) is 0 Å². The molecule has 0 N–H and O–H groups in total. The van der Waals surface area contributed by atoms with Gasteiger partial charge in [-0.2, -0.15) is 0 Å². The largest absolute Gasteiger partial charge is 0.323 e. The average Bonchev–Trinajstić information content (AvgIpc) is 3.26. The smallest absolute Gasteiger partial charge is 0.110 e. The zero-order chi connectivity index (χ0) is 17.1. The van der Waals surface area contributed by atoms with Crippen LogP contribution >= 0.6 is 0 Å². The third-order valence-corrected chi connectivity index (χ3v) is 5.27. The minimum Gasteiger partial charge on any atom is -0.323 e. The van der Waals surface area contributed by atoms with Gasteiger partial charge in [-0.15, -0.1) is 0 Å². The molecule has 1 saturated heterocycles. The van der Waals surface area contributed by atoms with E-state index in [4.69, 9.17) is 4.98 Å². The number of likely N-dealkylation sites (tertiary alicyclic amines) is 1. The van der Waals surface area contributed by atoms with E-state index in [1.54, 1.807) is 0 Å². The van der Waals surface area contributed by atoms with Gasteiger partial charge in [-0.05, 0) is 63.5 Å². The molecule has 3 aromatic rings. The van der Waals surface area contributed by atoms with Gasteiger partial charge in [-0.3, -0.25) is 0 Å². The van der Waals surface area contributed by atoms with Crippen LogP contribution in [-0.2, 0) is 13.0 Å². The molecule has 25 heavy (non-hydrogen) atoms. The van der Waals surface area contributed by atoms with Crippen LogP contribution in [0.1, 0.15) is 36.2 Å². The second-order valence-electron chi connectivity index (χ2n) is 7.24. The Morgan fingerprint density at radius 2 is 1.72 bits per heavy atom. The van der Waals surface area contributed by atoms with Gasteiger partial charge in [0.25, 0.3) is 0 Å². The van der Waals surface area contributed by atoms with E-state index >= 15 is 0 Å². The first-order chi connectivity index (χ1) is 12.3. The summed E-state index contributed by atoms with van der Waals surface area (Å²) < 4.78 is 2.41. The molecule has 2 heterocycles. The lowest BCUT2D eigenvalue weighted by molar-refractivity contribution is 0.332. The molecule has 1 aromatic heterocycles. The Balaban J connectivity index is 1.55. The predicted octanol–water partition coefficient (Wildman–Crippen LogP) is 4.42. The summed E-state index contributed by atoms with van der Waals surface area (Å²) in [4.78, 5) is 7.53. The number of rotatable bonds is 6. The molecule has 0 aliphatic carbocycles. The lowest BCUT2D eigenvalue weighted by Gasteiger charge is -2.14. The minimum atomic E-state index is 0.903. The third kappa shape index (κ3) is 3.77. The maximum Gasteiger partial charge on any atom is 0.110 e. The van der Waals surface area contributed by atoms with E-state index in [1.165, 1.54) is 61.4 Å². The summed E-state index contributed by atoms with van der Waals surface area (Å²) in [5.41, 5.74) is 5.02. The predicted molar refractivity (Wildman–Crippen MR) is 104 cm³/mol. The van der Waals surface area contributed by atoms with Gasteiger partial charge in [0.05, 0.1) is 11.0 Å². The molecular formula is C22H27N3. The lowest BCUT2D eigenvalue weighted by Crippen LogP contribution is -2.21. The molecule has 3 nitrogen and oxygen atoms in total. The molecular weight excluding hydrogens is 306 g/mol. The van der Waals surface area contributed by atoms with Crippen LogP contribution in [0.15, 0.2) is 48.5 Å². The highest BCUT2D eigenvalue weighted by Crippen LogP contribution is 2.20. The zero-order valence-corrected chi connectivity index (χ0v) is 15.1. The number of imidazole rings is 1. The second-order valence-corrected chi connectivity index (χ2v) is 7.24. The summed E-state index contributed by atoms with van der Waals surface area (Å²) in [5, 5.41) is 0. The summed E-state index contributed by atoms with van der Waals surface area (Å²) in [5.74, 6) is 1.22. The van der Waals surface area contributed by atoms with Crippen LogP contribution in [-0.4, -0.2) is 34.1 Å². The highest BCUT2D eigenvalue weighted by Gasteiger charge is 2.13. The Morgan fingerprint density at radius 1 is 0.960 bits per heavy atom. The molecule has 1 aliphatic rings. The number of fused-ring (bicyclic) bond motifs is 1. The van der Waals surface area contributed by atoms with E-state index in [0.717, 1.165) is 18.5 Å². The van der Waals surface area contributed by atoms with Crippen LogP contribution in [0.25, 0.3) is 11.0 Å². The molecule has 2 aromatic carbocycles. The first-order valence-corrected chi connectivity index (χ1v) is 9.52. The third-order valence-electron chi connectivity index (χ3n) is 5.27. The van der Waals surface area contributed by atoms with Gasteiger partial charge >= 0.3 is 0 Å². The van der Waals surface area contributed by atoms with E-state index in [0.29, 0.717) is 0 Å². The molecule has 130 valence electrons. The molecule has 0 radical (unpaired) electrons. The van der Waals surface area contributed by atoms with Crippen LogP contribution in [0.2, 0.25) is 0 Å². The number of aromatic nitrogens is 2. The van der Waals surface area contributed by atoms with Crippen molar-refractivity contribution in [3.05, 3.63) is 65.5 Å². The van der Waals surface area contributed by atoms with E-state index < -0.39 is 0 Å². The number of aryl methyl sites for hydroxylation is 2. The Labute approximate surface area is 150 Å². The van der Waals surface area contributed by atoms with Gasteiger partial charge < -0.3 is 9.47 Å². The Bertz CT molecular complexity index is 826. The van der Waals surface area contributed by atoms with Crippen LogP contribution in [0.4, 0.5) is 0 Å². The van der Waals surface area contributed by atoms with Gasteiger partial charge in [0.1, 0.15) is 5.82 Å². The number of benzene rings is 2. The fraction of sp³-hybridized carbons (Fsp3) is 0.409.